The summed E-state index contributed by atoms with van der Waals surface area (Å²) in [5.41, 5.74) is -1.15. The largest absolute Gasteiger partial charge is 0.324 e. The number of nitro benzene ring substituents is 2. The van der Waals surface area contributed by atoms with Crippen LogP contribution in [-0.4, -0.2) is 26.7 Å². The summed E-state index contributed by atoms with van der Waals surface area (Å²) in [5.74, 6) is 0. The second-order valence-corrected chi connectivity index (χ2v) is 7.58. The molecular formula is C12H8N2O10S2. The van der Waals surface area contributed by atoms with E-state index < -0.39 is 51.2 Å². The van der Waals surface area contributed by atoms with Gasteiger partial charge in [0, 0.05) is 24.3 Å². The van der Waals surface area contributed by atoms with E-state index in [0.717, 1.165) is 36.4 Å². The predicted molar refractivity (Wildman–Crippen MR) is 82.7 cm³/mol. The Morgan fingerprint density at radius 2 is 1.04 bits per heavy atom. The van der Waals surface area contributed by atoms with Crippen molar-refractivity contribution in [2.75, 3.05) is 0 Å². The number of hydrogen-bond acceptors (Lipinski definition) is 10. The lowest BCUT2D eigenvalue weighted by Crippen LogP contribution is -2.13. The molecule has 0 aliphatic heterocycles. The van der Waals surface area contributed by atoms with Crippen molar-refractivity contribution in [3.8, 4) is 0 Å². The summed E-state index contributed by atoms with van der Waals surface area (Å²) in [6.07, 6.45) is 0. The molecule has 14 heteroatoms. The highest BCUT2D eigenvalue weighted by atomic mass is 32.2. The summed E-state index contributed by atoms with van der Waals surface area (Å²) < 4.78 is 55.6. The molecule has 0 spiro atoms. The Labute approximate surface area is 146 Å². The molecule has 0 amide bonds. The van der Waals surface area contributed by atoms with E-state index in [4.69, 9.17) is 0 Å². The van der Waals surface area contributed by atoms with Crippen LogP contribution in [-0.2, 0) is 28.9 Å². The summed E-state index contributed by atoms with van der Waals surface area (Å²) in [6.45, 7) is 0. The fraction of sp³-hybridized carbons (Fsp3) is 0. The van der Waals surface area contributed by atoms with Gasteiger partial charge in [-0.15, -0.1) is 0 Å². The minimum Gasteiger partial charge on any atom is -0.258 e. The van der Waals surface area contributed by atoms with Crippen LogP contribution in [0.1, 0.15) is 0 Å². The van der Waals surface area contributed by atoms with Gasteiger partial charge in [0.2, 0.25) is 0 Å². The fourth-order valence-corrected chi connectivity index (χ4v) is 3.42. The lowest BCUT2D eigenvalue weighted by molar-refractivity contribution is -0.385. The Morgan fingerprint density at radius 1 is 0.692 bits per heavy atom. The van der Waals surface area contributed by atoms with Crippen molar-refractivity contribution < 1.29 is 35.3 Å². The van der Waals surface area contributed by atoms with Gasteiger partial charge in [0.1, 0.15) is 9.79 Å². The van der Waals surface area contributed by atoms with Gasteiger partial charge in [-0.1, -0.05) is 20.8 Å². The molecule has 0 aromatic heterocycles. The maximum atomic E-state index is 11.9. The molecule has 138 valence electrons. The van der Waals surface area contributed by atoms with E-state index in [2.05, 4.69) is 8.67 Å². The van der Waals surface area contributed by atoms with Gasteiger partial charge >= 0.3 is 20.2 Å². The van der Waals surface area contributed by atoms with Crippen molar-refractivity contribution in [3.05, 3.63) is 68.8 Å². The second-order valence-electron chi connectivity index (χ2n) is 4.55. The van der Waals surface area contributed by atoms with E-state index in [9.17, 15) is 37.1 Å². The summed E-state index contributed by atoms with van der Waals surface area (Å²) in [7, 11) is -9.65. The number of rotatable bonds is 7. The van der Waals surface area contributed by atoms with Gasteiger partial charge in [0.25, 0.3) is 11.4 Å². The highest BCUT2D eigenvalue weighted by Gasteiger charge is 2.26. The Bertz CT molecular complexity index is 991. The van der Waals surface area contributed by atoms with Gasteiger partial charge in [0.05, 0.1) is 9.85 Å². The summed E-state index contributed by atoms with van der Waals surface area (Å²) in [5, 5.41) is 21.3. The average molecular weight is 404 g/mol. The van der Waals surface area contributed by atoms with Crippen LogP contribution in [0.25, 0.3) is 0 Å². The number of benzene rings is 2. The molecule has 0 atom stereocenters. The molecular weight excluding hydrogens is 396 g/mol. The SMILES string of the molecule is O=[N+]([O-])c1cccc(S(=O)(=O)OOS(=O)(=O)c2cccc([N+](=O)[O-])c2)c1. The molecule has 2 rings (SSSR count). The first-order valence-electron chi connectivity index (χ1n) is 6.40. The molecule has 0 saturated heterocycles. The number of nitro groups is 2. The molecule has 0 radical (unpaired) electrons. The van der Waals surface area contributed by atoms with Crippen LogP contribution >= 0.6 is 0 Å². The number of nitrogens with zero attached hydrogens (tertiary/aromatic N) is 2. The lowest BCUT2D eigenvalue weighted by Gasteiger charge is -2.05. The summed E-state index contributed by atoms with van der Waals surface area (Å²) >= 11 is 0. The van der Waals surface area contributed by atoms with Gasteiger partial charge in [-0.05, 0) is 12.1 Å². The van der Waals surface area contributed by atoms with Crippen LogP contribution in [0.5, 0.6) is 0 Å². The van der Waals surface area contributed by atoms with E-state index in [0.29, 0.717) is 12.1 Å². The Balaban J connectivity index is 2.26. The standard InChI is InChI=1S/C12H8N2O10S2/c15-13(16)9-3-1-5-11(7-9)25(19,20)23-24-26(21,22)12-6-2-4-10(8-12)14(17)18/h1-8H. The van der Waals surface area contributed by atoms with Crippen molar-refractivity contribution in [2.45, 2.75) is 9.79 Å². The van der Waals surface area contributed by atoms with E-state index in [1.807, 2.05) is 0 Å². The molecule has 2 aromatic carbocycles. The van der Waals surface area contributed by atoms with Crippen LogP contribution in [0, 0.1) is 20.2 Å². The molecule has 12 nitrogen and oxygen atoms in total. The van der Waals surface area contributed by atoms with Gasteiger partial charge in [-0.25, -0.2) is 0 Å². The van der Waals surface area contributed by atoms with Gasteiger partial charge < -0.3 is 0 Å². The van der Waals surface area contributed by atoms with Gasteiger partial charge in [-0.2, -0.15) is 16.8 Å². The molecule has 0 aliphatic rings. The van der Waals surface area contributed by atoms with Crippen LogP contribution in [0.3, 0.4) is 0 Å². The maximum absolute atomic E-state index is 11.9. The van der Waals surface area contributed by atoms with Crippen LogP contribution in [0.4, 0.5) is 11.4 Å². The minimum atomic E-state index is -4.82. The molecule has 0 aliphatic carbocycles. The Morgan fingerprint density at radius 3 is 1.35 bits per heavy atom. The monoisotopic (exact) mass is 404 g/mol. The van der Waals surface area contributed by atoms with E-state index in [1.165, 1.54) is 0 Å². The highest BCUT2D eigenvalue weighted by Crippen LogP contribution is 2.23. The van der Waals surface area contributed by atoms with E-state index in [-0.39, 0.29) is 0 Å². The third kappa shape index (κ3) is 4.37. The molecule has 2 aromatic rings. The molecule has 0 N–H and O–H groups in total. The van der Waals surface area contributed by atoms with Gasteiger partial charge in [0.15, 0.2) is 0 Å². The van der Waals surface area contributed by atoms with E-state index >= 15 is 0 Å². The lowest BCUT2D eigenvalue weighted by atomic mass is 10.3. The summed E-state index contributed by atoms with van der Waals surface area (Å²) in [4.78, 5) is 18.1. The first-order chi connectivity index (χ1) is 12.0. The highest BCUT2D eigenvalue weighted by molar-refractivity contribution is 7.89. The predicted octanol–water partition coefficient (Wildman–Crippen LogP) is 1.53. The average Bonchev–Trinajstić information content (AvgIpc) is 2.60. The third-order valence-electron chi connectivity index (χ3n) is 2.84. The van der Waals surface area contributed by atoms with Crippen LogP contribution in [0.15, 0.2) is 58.3 Å². The quantitative estimate of drug-likeness (QED) is 0.374. The van der Waals surface area contributed by atoms with Crippen molar-refractivity contribution >= 4 is 31.6 Å². The second kappa shape index (κ2) is 7.12. The zero-order chi connectivity index (χ0) is 19.5. The summed E-state index contributed by atoms with van der Waals surface area (Å²) in [6, 6.07) is 7.24. The van der Waals surface area contributed by atoms with Gasteiger partial charge in [-0.3, -0.25) is 20.2 Å². The number of non-ortho nitro benzene ring substituents is 2. The topological polar surface area (TPSA) is 173 Å². The molecule has 0 unspecified atom stereocenters. The normalized spacial score (nSPS) is 11.8. The first kappa shape index (κ1) is 19.4. The van der Waals surface area contributed by atoms with Crippen molar-refractivity contribution in [2.24, 2.45) is 0 Å². The molecule has 0 fully saturated rings. The smallest absolute Gasteiger partial charge is 0.258 e. The third-order valence-corrected chi connectivity index (χ3v) is 5.08. The Hall–Kier alpha value is -2.94. The first-order valence-corrected chi connectivity index (χ1v) is 9.21. The maximum Gasteiger partial charge on any atom is 0.324 e. The number of hydrogen-bond donors (Lipinski definition) is 0. The van der Waals surface area contributed by atoms with Crippen LogP contribution in [0.2, 0.25) is 0 Å². The zero-order valence-electron chi connectivity index (χ0n) is 12.4. The molecule has 0 saturated carbocycles. The van der Waals surface area contributed by atoms with Crippen molar-refractivity contribution in [1.29, 1.82) is 0 Å². The minimum absolute atomic E-state index is 0.573. The fourth-order valence-electron chi connectivity index (χ4n) is 1.66. The molecule has 0 bridgehead atoms. The van der Waals surface area contributed by atoms with E-state index in [1.54, 1.807) is 0 Å². The zero-order valence-corrected chi connectivity index (χ0v) is 14.0. The van der Waals surface area contributed by atoms with Crippen molar-refractivity contribution in [3.63, 3.8) is 0 Å². The van der Waals surface area contributed by atoms with Crippen molar-refractivity contribution in [1.82, 2.24) is 0 Å². The van der Waals surface area contributed by atoms with Crippen LogP contribution < -0.4 is 0 Å². The molecule has 26 heavy (non-hydrogen) atoms. The molecule has 0 heterocycles. The Kier molecular flexibility index (Phi) is 5.31.